The second-order valence-corrected chi connectivity index (χ2v) is 5.14. The molecular weight excluding hydrogens is 234 g/mol. The Labute approximate surface area is 115 Å². The molecule has 1 N–H and O–H groups in total. The molecule has 0 saturated heterocycles. The monoisotopic (exact) mass is 257 g/mol. The molecule has 0 aliphatic rings. The number of rotatable bonds is 5. The predicted octanol–water partition coefficient (Wildman–Crippen LogP) is 3.13. The van der Waals surface area contributed by atoms with Gasteiger partial charge in [-0.05, 0) is 37.9 Å². The third kappa shape index (κ3) is 3.04. The number of aromatic nitrogens is 2. The highest BCUT2D eigenvalue weighted by Gasteiger charge is 2.19. The number of aryl methyl sites for hydroxylation is 3. The van der Waals surface area contributed by atoms with Crippen LogP contribution in [0.3, 0.4) is 0 Å². The number of nitrogens with zero attached hydrogens (tertiary/aromatic N) is 2. The first-order valence-corrected chi connectivity index (χ1v) is 6.91. The van der Waals surface area contributed by atoms with E-state index in [1.54, 1.807) is 0 Å². The molecule has 1 unspecified atom stereocenters. The predicted molar refractivity (Wildman–Crippen MR) is 79.3 cm³/mol. The van der Waals surface area contributed by atoms with Gasteiger partial charge in [0.1, 0.15) is 5.82 Å². The van der Waals surface area contributed by atoms with Gasteiger partial charge >= 0.3 is 0 Å². The van der Waals surface area contributed by atoms with E-state index < -0.39 is 0 Å². The summed E-state index contributed by atoms with van der Waals surface area (Å²) in [5.74, 6) is 1.07. The molecule has 0 aliphatic heterocycles. The van der Waals surface area contributed by atoms with Crippen molar-refractivity contribution < 1.29 is 0 Å². The van der Waals surface area contributed by atoms with Crippen LogP contribution in [0.15, 0.2) is 30.6 Å². The van der Waals surface area contributed by atoms with E-state index in [4.69, 9.17) is 0 Å². The molecule has 0 spiro atoms. The molecule has 1 heterocycles. The third-order valence-electron chi connectivity index (χ3n) is 3.46. The summed E-state index contributed by atoms with van der Waals surface area (Å²) in [5, 5.41) is 3.61. The molecule has 0 fully saturated rings. The van der Waals surface area contributed by atoms with Crippen molar-refractivity contribution in [2.24, 2.45) is 7.05 Å². The summed E-state index contributed by atoms with van der Waals surface area (Å²) in [6.45, 7) is 7.48. The largest absolute Gasteiger partial charge is 0.336 e. The summed E-state index contributed by atoms with van der Waals surface area (Å²) in [6, 6.07) is 6.78. The fourth-order valence-electron chi connectivity index (χ4n) is 2.36. The Hall–Kier alpha value is -1.61. The molecule has 3 heteroatoms. The van der Waals surface area contributed by atoms with Crippen molar-refractivity contribution in [1.82, 2.24) is 14.9 Å². The van der Waals surface area contributed by atoms with E-state index in [0.29, 0.717) is 0 Å². The van der Waals surface area contributed by atoms with Gasteiger partial charge in [-0.2, -0.15) is 0 Å². The first-order chi connectivity index (χ1) is 9.13. The minimum absolute atomic E-state index is 0.167. The highest BCUT2D eigenvalue weighted by Crippen LogP contribution is 2.24. The molecule has 2 rings (SSSR count). The average molecular weight is 257 g/mol. The van der Waals surface area contributed by atoms with Crippen molar-refractivity contribution >= 4 is 0 Å². The van der Waals surface area contributed by atoms with Crippen molar-refractivity contribution in [2.45, 2.75) is 33.2 Å². The zero-order chi connectivity index (χ0) is 13.8. The van der Waals surface area contributed by atoms with Crippen LogP contribution in [0.25, 0.3) is 0 Å². The summed E-state index contributed by atoms with van der Waals surface area (Å²) in [7, 11) is 2.05. The molecule has 0 bridgehead atoms. The molecule has 1 aromatic carbocycles. The summed E-state index contributed by atoms with van der Waals surface area (Å²) in [5.41, 5.74) is 3.92. The molecule has 19 heavy (non-hydrogen) atoms. The van der Waals surface area contributed by atoms with E-state index in [1.165, 1.54) is 16.7 Å². The van der Waals surface area contributed by atoms with Crippen molar-refractivity contribution in [3.8, 4) is 0 Å². The number of nitrogens with one attached hydrogen (secondary N) is 1. The fourth-order valence-corrected chi connectivity index (χ4v) is 2.36. The zero-order valence-corrected chi connectivity index (χ0v) is 12.3. The van der Waals surface area contributed by atoms with Crippen LogP contribution in [0.2, 0.25) is 0 Å². The maximum Gasteiger partial charge on any atom is 0.130 e. The number of hydrogen-bond donors (Lipinski definition) is 1. The first-order valence-electron chi connectivity index (χ1n) is 6.91. The Balaban J connectivity index is 2.42. The normalized spacial score (nSPS) is 12.6. The van der Waals surface area contributed by atoms with Crippen LogP contribution in [0.4, 0.5) is 0 Å². The number of hydrogen-bond acceptors (Lipinski definition) is 2. The average Bonchev–Trinajstić information content (AvgIpc) is 2.80. The molecule has 102 valence electrons. The zero-order valence-electron chi connectivity index (χ0n) is 12.3. The Morgan fingerprint density at radius 3 is 2.74 bits per heavy atom. The minimum atomic E-state index is 0.167. The Morgan fingerprint density at radius 1 is 1.32 bits per heavy atom. The second-order valence-electron chi connectivity index (χ2n) is 5.14. The molecule has 1 atom stereocenters. The van der Waals surface area contributed by atoms with Crippen LogP contribution in [0.5, 0.6) is 0 Å². The standard InChI is InChI=1S/C16H23N3/c1-5-8-17-15(16-18-9-10-19(16)4)14-11-12(2)6-7-13(14)3/h6-7,9-11,15,17H,5,8H2,1-4H3. The van der Waals surface area contributed by atoms with Crippen LogP contribution < -0.4 is 5.32 Å². The Kier molecular flexibility index (Phi) is 4.38. The van der Waals surface area contributed by atoms with Crippen LogP contribution in [-0.2, 0) is 7.05 Å². The minimum Gasteiger partial charge on any atom is -0.336 e. The summed E-state index contributed by atoms with van der Waals surface area (Å²) in [6.07, 6.45) is 4.98. The first kappa shape index (κ1) is 13.8. The molecule has 3 nitrogen and oxygen atoms in total. The topological polar surface area (TPSA) is 29.9 Å². The van der Waals surface area contributed by atoms with Gasteiger partial charge in [0.2, 0.25) is 0 Å². The molecule has 0 saturated carbocycles. The molecule has 0 amide bonds. The van der Waals surface area contributed by atoms with Gasteiger partial charge in [-0.1, -0.05) is 30.7 Å². The van der Waals surface area contributed by atoms with Crippen LogP contribution in [0.1, 0.15) is 41.9 Å². The van der Waals surface area contributed by atoms with E-state index in [0.717, 1.165) is 18.8 Å². The van der Waals surface area contributed by atoms with Gasteiger partial charge in [0.25, 0.3) is 0 Å². The highest BCUT2D eigenvalue weighted by molar-refractivity contribution is 5.36. The van der Waals surface area contributed by atoms with Gasteiger partial charge < -0.3 is 9.88 Å². The summed E-state index contributed by atoms with van der Waals surface area (Å²) < 4.78 is 2.09. The quantitative estimate of drug-likeness (QED) is 0.892. The Morgan fingerprint density at radius 2 is 2.11 bits per heavy atom. The molecule has 0 aliphatic carbocycles. The van der Waals surface area contributed by atoms with Gasteiger partial charge in [0.05, 0.1) is 6.04 Å². The number of benzene rings is 1. The smallest absolute Gasteiger partial charge is 0.130 e. The van der Waals surface area contributed by atoms with Crippen LogP contribution >= 0.6 is 0 Å². The summed E-state index contributed by atoms with van der Waals surface area (Å²) >= 11 is 0. The van der Waals surface area contributed by atoms with E-state index in [9.17, 15) is 0 Å². The van der Waals surface area contributed by atoms with Gasteiger partial charge in [-0.15, -0.1) is 0 Å². The lowest BCUT2D eigenvalue weighted by Crippen LogP contribution is -2.26. The maximum atomic E-state index is 4.52. The van der Waals surface area contributed by atoms with Crippen molar-refractivity contribution in [3.63, 3.8) is 0 Å². The third-order valence-corrected chi connectivity index (χ3v) is 3.46. The summed E-state index contributed by atoms with van der Waals surface area (Å²) in [4.78, 5) is 4.52. The van der Waals surface area contributed by atoms with E-state index in [1.807, 2.05) is 19.4 Å². The van der Waals surface area contributed by atoms with Crippen molar-refractivity contribution in [1.29, 1.82) is 0 Å². The molecular formula is C16H23N3. The Bertz CT molecular complexity index is 543. The molecule has 2 aromatic rings. The lowest BCUT2D eigenvalue weighted by atomic mass is 9.98. The van der Waals surface area contributed by atoms with E-state index in [2.05, 4.69) is 53.8 Å². The van der Waals surface area contributed by atoms with Crippen LogP contribution in [0, 0.1) is 13.8 Å². The van der Waals surface area contributed by atoms with E-state index in [-0.39, 0.29) is 6.04 Å². The van der Waals surface area contributed by atoms with Crippen molar-refractivity contribution in [3.05, 3.63) is 53.1 Å². The van der Waals surface area contributed by atoms with Crippen molar-refractivity contribution in [2.75, 3.05) is 6.54 Å². The van der Waals surface area contributed by atoms with Crippen LogP contribution in [-0.4, -0.2) is 16.1 Å². The SMILES string of the molecule is CCCNC(c1cc(C)ccc1C)c1nccn1C. The fraction of sp³-hybridized carbons (Fsp3) is 0.438. The lowest BCUT2D eigenvalue weighted by Gasteiger charge is -2.21. The van der Waals surface area contributed by atoms with E-state index >= 15 is 0 Å². The van der Waals surface area contributed by atoms with Gasteiger partial charge in [0, 0.05) is 19.4 Å². The highest BCUT2D eigenvalue weighted by atomic mass is 15.1. The second kappa shape index (κ2) is 6.02. The van der Waals surface area contributed by atoms with Gasteiger partial charge in [-0.25, -0.2) is 4.98 Å². The lowest BCUT2D eigenvalue weighted by molar-refractivity contribution is 0.553. The molecule has 0 radical (unpaired) electrons. The van der Waals surface area contributed by atoms with Gasteiger partial charge in [0.15, 0.2) is 0 Å². The number of imidazole rings is 1. The maximum absolute atomic E-state index is 4.52. The molecule has 1 aromatic heterocycles. The van der Waals surface area contributed by atoms with Gasteiger partial charge in [-0.3, -0.25) is 0 Å².